The summed E-state index contributed by atoms with van der Waals surface area (Å²) in [6, 6.07) is 64.8. The zero-order valence-electron chi connectivity index (χ0n) is 38.5. The Balaban J connectivity index is 1.32. The Kier molecular flexibility index (Phi) is 9.21. The maximum Gasteiger partial charge on any atom is 0.333 e. The molecule has 11 rings (SSSR count). The lowest BCUT2D eigenvalue weighted by Gasteiger charge is -2.46. The monoisotopic (exact) mass is 846 g/mol. The van der Waals surface area contributed by atoms with Crippen LogP contribution < -0.4 is 20.6 Å². The van der Waals surface area contributed by atoms with Gasteiger partial charge in [0.15, 0.2) is 0 Å². The SMILES string of the molecule is CC(C)(C)c1ccc(N2B3c4ccc5c(sc6ccccc65)c4N(c4ccc(C(C)(C)C)cc4-c4ccccc4)c4cc(-c5ccccc5)cc(c43)-c3ccc(C(C)(C)C)cc32)cc1. The van der Waals surface area contributed by atoms with Crippen molar-refractivity contribution in [1.82, 2.24) is 0 Å². The molecule has 0 atom stereocenters. The van der Waals surface area contributed by atoms with Crippen LogP contribution in [0.1, 0.15) is 79.0 Å². The van der Waals surface area contributed by atoms with Crippen molar-refractivity contribution >= 4 is 77.7 Å². The highest BCUT2D eigenvalue weighted by molar-refractivity contribution is 7.26. The van der Waals surface area contributed by atoms with Crippen molar-refractivity contribution in [3.63, 3.8) is 0 Å². The maximum absolute atomic E-state index is 2.68. The third kappa shape index (κ3) is 6.52. The minimum Gasteiger partial charge on any atom is -0.376 e. The lowest BCUT2D eigenvalue weighted by Crippen LogP contribution is -2.61. The topological polar surface area (TPSA) is 6.48 Å². The highest BCUT2D eigenvalue weighted by atomic mass is 32.1. The fraction of sp³-hybridized carbons (Fsp3) is 0.200. The second-order valence-electron chi connectivity index (χ2n) is 21.0. The van der Waals surface area contributed by atoms with E-state index in [0.717, 1.165) is 0 Å². The summed E-state index contributed by atoms with van der Waals surface area (Å²) in [4.78, 5) is 5.35. The first-order valence-corrected chi connectivity index (χ1v) is 23.7. The molecule has 0 saturated carbocycles. The van der Waals surface area contributed by atoms with Gasteiger partial charge in [-0.2, -0.15) is 0 Å². The van der Waals surface area contributed by atoms with Gasteiger partial charge in [-0.05, 0) is 115 Å². The lowest BCUT2D eigenvalue weighted by molar-refractivity contribution is 0.590. The van der Waals surface area contributed by atoms with Gasteiger partial charge in [0.25, 0.3) is 0 Å². The molecule has 0 bridgehead atoms. The van der Waals surface area contributed by atoms with E-state index in [4.69, 9.17) is 0 Å². The molecule has 2 aliphatic heterocycles. The van der Waals surface area contributed by atoms with Gasteiger partial charge in [0.2, 0.25) is 0 Å². The van der Waals surface area contributed by atoms with Crippen LogP contribution in [0, 0.1) is 0 Å². The van der Waals surface area contributed by atoms with Crippen LogP contribution in [0.3, 0.4) is 0 Å². The zero-order valence-corrected chi connectivity index (χ0v) is 39.4. The summed E-state index contributed by atoms with van der Waals surface area (Å²) in [5.41, 5.74) is 20.1. The molecule has 2 aliphatic rings. The third-order valence-electron chi connectivity index (χ3n) is 13.7. The zero-order chi connectivity index (χ0) is 44.3. The number of anilines is 5. The van der Waals surface area contributed by atoms with Crippen LogP contribution in [0.4, 0.5) is 28.4 Å². The maximum atomic E-state index is 2.68. The molecule has 0 unspecified atom stereocenters. The minimum atomic E-state index is -0.104. The van der Waals surface area contributed by atoms with Gasteiger partial charge in [-0.25, -0.2) is 0 Å². The normalized spacial score (nSPS) is 13.6. The van der Waals surface area contributed by atoms with Crippen molar-refractivity contribution in [3.05, 3.63) is 187 Å². The fourth-order valence-corrected chi connectivity index (χ4v) is 11.4. The van der Waals surface area contributed by atoms with E-state index < -0.39 is 0 Å². The van der Waals surface area contributed by atoms with Crippen LogP contribution in [-0.4, -0.2) is 6.85 Å². The van der Waals surface area contributed by atoms with Gasteiger partial charge < -0.3 is 9.71 Å². The summed E-state index contributed by atoms with van der Waals surface area (Å²) < 4.78 is 2.62. The van der Waals surface area contributed by atoms with Crippen molar-refractivity contribution < 1.29 is 0 Å². The summed E-state index contributed by atoms with van der Waals surface area (Å²) in [7, 11) is 0. The van der Waals surface area contributed by atoms with Crippen molar-refractivity contribution in [2.75, 3.05) is 9.71 Å². The van der Waals surface area contributed by atoms with E-state index in [9.17, 15) is 0 Å². The fourth-order valence-electron chi connectivity index (χ4n) is 10.2. The van der Waals surface area contributed by atoms with E-state index in [-0.39, 0.29) is 23.1 Å². The van der Waals surface area contributed by atoms with Crippen LogP contribution in [0.15, 0.2) is 170 Å². The highest BCUT2D eigenvalue weighted by Crippen LogP contribution is 2.53. The Hall–Kier alpha value is -6.36. The van der Waals surface area contributed by atoms with E-state index in [1.54, 1.807) is 0 Å². The van der Waals surface area contributed by atoms with Crippen LogP contribution in [0.25, 0.3) is 53.6 Å². The molecule has 9 aromatic rings. The third-order valence-corrected chi connectivity index (χ3v) is 14.9. The predicted octanol–water partition coefficient (Wildman–Crippen LogP) is 16.0. The number of hydrogen-bond donors (Lipinski definition) is 0. The Bertz CT molecular complexity index is 3270. The highest BCUT2D eigenvalue weighted by Gasteiger charge is 2.47. The molecule has 314 valence electrons. The first kappa shape index (κ1) is 40.4. The molecule has 3 heterocycles. The molecular weight excluding hydrogens is 792 g/mol. The van der Waals surface area contributed by atoms with Gasteiger partial charge in [0.05, 0.1) is 16.1 Å². The quantitative estimate of drug-likeness (QED) is 0.163. The molecular formula is C60H55BN2S. The van der Waals surface area contributed by atoms with Crippen molar-refractivity contribution in [3.8, 4) is 33.4 Å². The van der Waals surface area contributed by atoms with E-state index in [0.29, 0.717) is 0 Å². The Labute approximate surface area is 384 Å². The summed E-state index contributed by atoms with van der Waals surface area (Å²) in [5.74, 6) is 0. The lowest BCUT2D eigenvalue weighted by atomic mass is 9.43. The number of benzene rings is 8. The van der Waals surface area contributed by atoms with Gasteiger partial charge in [0, 0.05) is 43.7 Å². The Morgan fingerprint density at radius 3 is 1.72 bits per heavy atom. The predicted molar refractivity (Wildman–Crippen MR) is 280 cm³/mol. The first-order chi connectivity index (χ1) is 30.6. The molecule has 64 heavy (non-hydrogen) atoms. The number of rotatable bonds is 4. The molecule has 0 spiro atoms. The standard InChI is InChI=1S/C60H55BN2S/c1-58(2,3)41-24-28-44(29-25-41)63-52-37-43(60(7,8)9)26-30-45(52)49-34-40(38-18-12-10-13-19-38)35-53-55(49)61(63)50-32-31-47-46-22-16-17-23-54(46)64-57(47)56(50)62(53)51-33-27-42(59(4,5)6)36-48(51)39-20-14-11-15-21-39/h10-37H,1-9H3. The summed E-state index contributed by atoms with van der Waals surface area (Å²) in [5, 5.41) is 2.60. The molecule has 0 saturated heterocycles. The average Bonchev–Trinajstić information content (AvgIpc) is 3.67. The molecule has 0 radical (unpaired) electrons. The van der Waals surface area contributed by atoms with Crippen LogP contribution in [0.2, 0.25) is 0 Å². The number of hydrogen-bond acceptors (Lipinski definition) is 3. The molecule has 0 aliphatic carbocycles. The molecule has 8 aromatic carbocycles. The van der Waals surface area contributed by atoms with Gasteiger partial charge >= 0.3 is 6.85 Å². The average molecular weight is 847 g/mol. The number of nitrogens with zero attached hydrogens (tertiary/aromatic N) is 2. The smallest absolute Gasteiger partial charge is 0.333 e. The Morgan fingerprint density at radius 1 is 0.422 bits per heavy atom. The van der Waals surface area contributed by atoms with Crippen LogP contribution >= 0.6 is 11.3 Å². The summed E-state index contributed by atoms with van der Waals surface area (Å²) in [6.07, 6.45) is 0. The van der Waals surface area contributed by atoms with Crippen molar-refractivity contribution in [1.29, 1.82) is 0 Å². The summed E-state index contributed by atoms with van der Waals surface area (Å²) in [6.45, 7) is 20.8. The van der Waals surface area contributed by atoms with Gasteiger partial charge in [-0.1, -0.05) is 184 Å². The molecule has 0 fully saturated rings. The van der Waals surface area contributed by atoms with E-state index in [1.165, 1.54) is 110 Å². The molecule has 4 heteroatoms. The molecule has 0 amide bonds. The first-order valence-electron chi connectivity index (χ1n) is 22.9. The Morgan fingerprint density at radius 2 is 1.03 bits per heavy atom. The second-order valence-corrected chi connectivity index (χ2v) is 22.1. The molecule has 2 nitrogen and oxygen atoms in total. The second kappa shape index (κ2) is 14.6. The van der Waals surface area contributed by atoms with E-state index >= 15 is 0 Å². The number of fused-ring (bicyclic) bond motifs is 8. The van der Waals surface area contributed by atoms with Gasteiger partial charge in [-0.3, -0.25) is 0 Å². The van der Waals surface area contributed by atoms with Crippen LogP contribution in [0.5, 0.6) is 0 Å². The van der Waals surface area contributed by atoms with Crippen LogP contribution in [-0.2, 0) is 16.2 Å². The van der Waals surface area contributed by atoms with Gasteiger partial charge in [0.1, 0.15) is 0 Å². The van der Waals surface area contributed by atoms with Crippen molar-refractivity contribution in [2.24, 2.45) is 0 Å². The minimum absolute atomic E-state index is 0.0310. The molecule has 1 aromatic heterocycles. The number of thiophene rings is 1. The largest absolute Gasteiger partial charge is 0.376 e. The molecule has 0 N–H and O–H groups in total. The van der Waals surface area contributed by atoms with E-state index in [1.807, 2.05) is 11.3 Å². The summed E-state index contributed by atoms with van der Waals surface area (Å²) >= 11 is 1.93. The van der Waals surface area contributed by atoms with Gasteiger partial charge in [-0.15, -0.1) is 11.3 Å². The van der Waals surface area contributed by atoms with Crippen molar-refractivity contribution in [2.45, 2.75) is 78.6 Å². The van der Waals surface area contributed by atoms with E-state index in [2.05, 4.69) is 242 Å².